The number of carbonyl (C=O) groups is 1. The van der Waals surface area contributed by atoms with Crippen LogP contribution >= 0.6 is 24.0 Å². The molecule has 1 unspecified atom stereocenters. The van der Waals surface area contributed by atoms with Gasteiger partial charge in [0.05, 0.1) is 18.1 Å². The topological polar surface area (TPSA) is 79.0 Å². The third-order valence-corrected chi connectivity index (χ3v) is 6.63. The number of nitrogens with zero attached hydrogens (tertiary/aromatic N) is 2. The average molecular weight is 424 g/mol. The molecule has 146 valence electrons. The number of morpholine rings is 1. The van der Waals surface area contributed by atoms with Gasteiger partial charge >= 0.3 is 0 Å². The summed E-state index contributed by atoms with van der Waals surface area (Å²) in [5.74, 6) is 0.0338. The highest BCUT2D eigenvalue weighted by molar-refractivity contribution is 7.89. The number of amides is 1. The predicted molar refractivity (Wildman–Crippen MR) is 101 cm³/mol. The van der Waals surface area contributed by atoms with E-state index in [-0.39, 0.29) is 29.3 Å². The highest BCUT2D eigenvalue weighted by Crippen LogP contribution is 2.20. The van der Waals surface area contributed by atoms with E-state index < -0.39 is 10.0 Å². The molecule has 1 aromatic carbocycles. The average Bonchev–Trinajstić information content (AvgIpc) is 2.63. The lowest BCUT2D eigenvalue weighted by molar-refractivity contribution is -0.133. The van der Waals surface area contributed by atoms with Gasteiger partial charge in [0, 0.05) is 50.2 Å². The van der Waals surface area contributed by atoms with E-state index in [0.29, 0.717) is 50.8 Å². The van der Waals surface area contributed by atoms with Crippen molar-refractivity contribution in [2.45, 2.75) is 17.4 Å². The third kappa shape index (κ3) is 5.09. The van der Waals surface area contributed by atoms with Gasteiger partial charge in [-0.1, -0.05) is 11.6 Å². The van der Waals surface area contributed by atoms with Crippen LogP contribution in [0.2, 0.25) is 5.02 Å². The number of rotatable bonds is 4. The molecular weight excluding hydrogens is 401 g/mol. The molecule has 2 fully saturated rings. The summed E-state index contributed by atoms with van der Waals surface area (Å²) < 4.78 is 32.1. The highest BCUT2D eigenvalue weighted by atomic mass is 35.5. The maximum absolute atomic E-state index is 12.6. The van der Waals surface area contributed by atoms with Crippen molar-refractivity contribution < 1.29 is 17.9 Å². The first-order valence-corrected chi connectivity index (χ1v) is 10.1. The quantitative estimate of drug-likeness (QED) is 0.780. The first-order valence-electron chi connectivity index (χ1n) is 8.31. The Morgan fingerprint density at radius 2 is 1.85 bits per heavy atom. The van der Waals surface area contributed by atoms with Gasteiger partial charge in [0.1, 0.15) is 0 Å². The van der Waals surface area contributed by atoms with Crippen molar-refractivity contribution in [2.75, 3.05) is 45.9 Å². The maximum atomic E-state index is 12.6. The zero-order chi connectivity index (χ0) is 17.9. The molecule has 1 N–H and O–H groups in total. The number of carbonyl (C=O) groups excluding carboxylic acids is 1. The van der Waals surface area contributed by atoms with Crippen LogP contribution in [0.5, 0.6) is 0 Å². The molecule has 1 amide bonds. The highest BCUT2D eigenvalue weighted by Gasteiger charge is 2.30. The van der Waals surface area contributed by atoms with E-state index in [1.54, 1.807) is 17.0 Å². The van der Waals surface area contributed by atoms with E-state index in [0.717, 1.165) is 6.54 Å². The minimum absolute atomic E-state index is 0. The molecule has 2 saturated heterocycles. The number of hydrogen-bond donors (Lipinski definition) is 1. The Kier molecular flexibility index (Phi) is 7.69. The van der Waals surface area contributed by atoms with Crippen LogP contribution in [-0.2, 0) is 19.6 Å². The summed E-state index contributed by atoms with van der Waals surface area (Å²) in [6.07, 6.45) is 0.379. The van der Waals surface area contributed by atoms with Crippen molar-refractivity contribution in [1.29, 1.82) is 0 Å². The Morgan fingerprint density at radius 1 is 1.19 bits per heavy atom. The third-order valence-electron chi connectivity index (χ3n) is 4.46. The second kappa shape index (κ2) is 9.34. The van der Waals surface area contributed by atoms with Gasteiger partial charge in [-0.3, -0.25) is 4.79 Å². The number of piperazine rings is 1. The number of hydrogen-bond acceptors (Lipinski definition) is 5. The molecule has 7 nitrogen and oxygen atoms in total. The van der Waals surface area contributed by atoms with Crippen LogP contribution in [0.15, 0.2) is 29.2 Å². The van der Waals surface area contributed by atoms with Gasteiger partial charge in [0.2, 0.25) is 15.9 Å². The van der Waals surface area contributed by atoms with Crippen molar-refractivity contribution in [3.63, 3.8) is 0 Å². The maximum Gasteiger partial charge on any atom is 0.243 e. The number of halogens is 2. The van der Waals surface area contributed by atoms with Gasteiger partial charge < -0.3 is 15.0 Å². The van der Waals surface area contributed by atoms with Crippen molar-refractivity contribution >= 4 is 39.9 Å². The van der Waals surface area contributed by atoms with Crippen molar-refractivity contribution in [1.82, 2.24) is 14.5 Å². The van der Waals surface area contributed by atoms with E-state index in [2.05, 4.69) is 5.32 Å². The molecule has 0 saturated carbocycles. The van der Waals surface area contributed by atoms with Crippen molar-refractivity contribution in [3.05, 3.63) is 29.3 Å². The number of ether oxygens (including phenoxy) is 1. The molecule has 10 heteroatoms. The van der Waals surface area contributed by atoms with Gasteiger partial charge in [0.15, 0.2) is 0 Å². The lowest BCUT2D eigenvalue weighted by Gasteiger charge is -2.35. The molecule has 1 aromatic rings. The summed E-state index contributed by atoms with van der Waals surface area (Å²) in [5.41, 5.74) is 0. The zero-order valence-electron chi connectivity index (χ0n) is 14.3. The minimum Gasteiger partial charge on any atom is -0.378 e. The number of sulfonamides is 1. The predicted octanol–water partition coefficient (Wildman–Crippen LogP) is 0.973. The Morgan fingerprint density at radius 3 is 2.42 bits per heavy atom. The largest absolute Gasteiger partial charge is 0.378 e. The molecule has 2 heterocycles. The first-order chi connectivity index (χ1) is 12.0. The molecule has 26 heavy (non-hydrogen) atoms. The van der Waals surface area contributed by atoms with Gasteiger partial charge in [-0.05, 0) is 24.3 Å². The molecule has 0 spiro atoms. The Hall–Kier alpha value is -0.900. The van der Waals surface area contributed by atoms with Crippen LogP contribution < -0.4 is 5.32 Å². The van der Waals surface area contributed by atoms with E-state index in [9.17, 15) is 13.2 Å². The first kappa shape index (κ1) is 21.4. The summed E-state index contributed by atoms with van der Waals surface area (Å²) in [5, 5.41) is 3.75. The van der Waals surface area contributed by atoms with Crippen LogP contribution in [0.1, 0.15) is 6.42 Å². The SMILES string of the molecule is Cl.O=C(CC1COCCN1)N1CCN(S(=O)(=O)c2ccc(Cl)cc2)CC1. The van der Waals surface area contributed by atoms with Crippen LogP contribution in [0.3, 0.4) is 0 Å². The summed E-state index contributed by atoms with van der Waals surface area (Å²) >= 11 is 5.81. The van der Waals surface area contributed by atoms with E-state index in [1.807, 2.05) is 0 Å². The van der Waals surface area contributed by atoms with Crippen LogP contribution in [0, 0.1) is 0 Å². The molecule has 3 rings (SSSR count). The minimum atomic E-state index is -3.55. The molecule has 0 bridgehead atoms. The molecular formula is C16H23Cl2N3O4S. The Bertz CT molecular complexity index is 701. The van der Waals surface area contributed by atoms with E-state index in [4.69, 9.17) is 16.3 Å². The summed E-state index contributed by atoms with van der Waals surface area (Å²) in [6, 6.07) is 6.17. The fraction of sp³-hybridized carbons (Fsp3) is 0.562. The molecule has 2 aliphatic rings. The van der Waals surface area contributed by atoms with Crippen LogP contribution in [0.4, 0.5) is 0 Å². The van der Waals surface area contributed by atoms with Gasteiger partial charge in [-0.2, -0.15) is 4.31 Å². The second-order valence-electron chi connectivity index (χ2n) is 6.17. The summed E-state index contributed by atoms with van der Waals surface area (Å²) in [7, 11) is -3.55. The van der Waals surface area contributed by atoms with Gasteiger partial charge in [-0.25, -0.2) is 8.42 Å². The normalized spacial score (nSPS) is 21.9. The van der Waals surface area contributed by atoms with Crippen LogP contribution in [-0.4, -0.2) is 75.5 Å². The van der Waals surface area contributed by atoms with Crippen LogP contribution in [0.25, 0.3) is 0 Å². The van der Waals surface area contributed by atoms with Crippen molar-refractivity contribution in [3.8, 4) is 0 Å². The standard InChI is InChI=1S/C16H22ClN3O4S.ClH/c17-13-1-3-15(4-2-13)25(22,23)20-8-6-19(7-9-20)16(21)11-14-12-24-10-5-18-14;/h1-4,14,18H,5-12H2;1H. The smallest absolute Gasteiger partial charge is 0.243 e. The zero-order valence-corrected chi connectivity index (χ0v) is 16.7. The fourth-order valence-electron chi connectivity index (χ4n) is 3.02. The molecule has 0 radical (unpaired) electrons. The summed E-state index contributed by atoms with van der Waals surface area (Å²) in [4.78, 5) is 14.3. The monoisotopic (exact) mass is 423 g/mol. The van der Waals surface area contributed by atoms with E-state index >= 15 is 0 Å². The second-order valence-corrected chi connectivity index (χ2v) is 8.54. The molecule has 0 aromatic heterocycles. The summed E-state index contributed by atoms with van der Waals surface area (Å²) in [6.45, 7) is 3.36. The fourth-order valence-corrected chi connectivity index (χ4v) is 4.57. The number of benzene rings is 1. The lowest BCUT2D eigenvalue weighted by Crippen LogP contribution is -2.52. The van der Waals surface area contributed by atoms with Crippen molar-refractivity contribution in [2.24, 2.45) is 0 Å². The van der Waals surface area contributed by atoms with Gasteiger partial charge in [0.25, 0.3) is 0 Å². The van der Waals surface area contributed by atoms with E-state index in [1.165, 1.54) is 16.4 Å². The number of nitrogens with one attached hydrogen (secondary N) is 1. The van der Waals surface area contributed by atoms with Gasteiger partial charge in [-0.15, -0.1) is 12.4 Å². The Balaban J connectivity index is 0.00000243. The Labute approximate surface area is 165 Å². The molecule has 1 atom stereocenters. The molecule has 2 aliphatic heterocycles. The lowest BCUT2D eigenvalue weighted by atomic mass is 10.1. The molecule has 0 aliphatic carbocycles.